The molecule has 1 aliphatic carbocycles. The Morgan fingerprint density at radius 2 is 2.16 bits per heavy atom. The number of aryl methyl sites for hydroxylation is 1. The lowest BCUT2D eigenvalue weighted by Crippen LogP contribution is -2.44. The van der Waals surface area contributed by atoms with Gasteiger partial charge in [-0.15, -0.1) is 11.6 Å². The molecule has 1 aliphatic rings. The highest BCUT2D eigenvalue weighted by Gasteiger charge is 2.29. The van der Waals surface area contributed by atoms with Crippen LogP contribution in [0, 0.1) is 6.92 Å². The first-order valence-electron chi connectivity index (χ1n) is 6.76. The average Bonchev–Trinajstić information content (AvgIpc) is 2.29. The van der Waals surface area contributed by atoms with Gasteiger partial charge in [-0.1, -0.05) is 15.9 Å². The van der Waals surface area contributed by atoms with Gasteiger partial charge in [-0.25, -0.2) is 0 Å². The van der Waals surface area contributed by atoms with Crippen molar-refractivity contribution in [3.05, 3.63) is 33.8 Å². The maximum absolute atomic E-state index is 12.7. The van der Waals surface area contributed by atoms with Crippen molar-refractivity contribution in [3.8, 4) is 0 Å². The van der Waals surface area contributed by atoms with Crippen LogP contribution in [0.2, 0.25) is 0 Å². The van der Waals surface area contributed by atoms with E-state index in [-0.39, 0.29) is 5.91 Å². The van der Waals surface area contributed by atoms with Gasteiger partial charge < -0.3 is 4.90 Å². The summed E-state index contributed by atoms with van der Waals surface area (Å²) >= 11 is 9.23. The van der Waals surface area contributed by atoms with E-state index in [1.807, 2.05) is 30.0 Å². The molecule has 0 saturated heterocycles. The fourth-order valence-corrected chi connectivity index (χ4v) is 3.13. The van der Waals surface area contributed by atoms with E-state index in [4.69, 9.17) is 11.6 Å². The summed E-state index contributed by atoms with van der Waals surface area (Å²) in [5.41, 5.74) is 1.87. The van der Waals surface area contributed by atoms with Gasteiger partial charge in [0.05, 0.1) is 0 Å². The monoisotopic (exact) mass is 343 g/mol. The van der Waals surface area contributed by atoms with E-state index in [0.717, 1.165) is 41.4 Å². The summed E-state index contributed by atoms with van der Waals surface area (Å²) in [7, 11) is 0. The quantitative estimate of drug-likeness (QED) is 0.726. The number of halogens is 2. The third-order valence-electron chi connectivity index (χ3n) is 3.60. The van der Waals surface area contributed by atoms with Crippen molar-refractivity contribution >= 4 is 33.4 Å². The Labute approximate surface area is 128 Å². The smallest absolute Gasteiger partial charge is 0.254 e. The van der Waals surface area contributed by atoms with Crippen molar-refractivity contribution < 1.29 is 4.79 Å². The fraction of sp³-hybridized carbons (Fsp3) is 0.533. The Hall–Kier alpha value is -0.540. The predicted molar refractivity (Wildman–Crippen MR) is 82.9 cm³/mol. The van der Waals surface area contributed by atoms with Gasteiger partial charge in [-0.3, -0.25) is 4.79 Å². The highest BCUT2D eigenvalue weighted by Crippen LogP contribution is 2.27. The summed E-state index contributed by atoms with van der Waals surface area (Å²) < 4.78 is 0.960. The van der Waals surface area contributed by atoms with Gasteiger partial charge in [0.1, 0.15) is 0 Å². The van der Waals surface area contributed by atoms with Gasteiger partial charge in [0, 0.05) is 28.5 Å². The molecule has 1 amide bonds. The minimum Gasteiger partial charge on any atom is -0.336 e. The molecule has 0 heterocycles. The molecule has 0 bridgehead atoms. The van der Waals surface area contributed by atoms with Crippen LogP contribution in [0.25, 0.3) is 0 Å². The van der Waals surface area contributed by atoms with Crippen LogP contribution in [-0.4, -0.2) is 29.3 Å². The van der Waals surface area contributed by atoms with Crippen LogP contribution in [0.15, 0.2) is 22.7 Å². The maximum atomic E-state index is 12.7. The minimum absolute atomic E-state index is 0.138. The van der Waals surface area contributed by atoms with E-state index in [1.165, 1.54) is 6.42 Å². The van der Waals surface area contributed by atoms with Crippen molar-refractivity contribution in [2.75, 3.05) is 12.4 Å². The summed E-state index contributed by atoms with van der Waals surface area (Å²) in [4.78, 5) is 14.7. The molecule has 0 aromatic heterocycles. The van der Waals surface area contributed by atoms with E-state index in [9.17, 15) is 4.79 Å². The van der Waals surface area contributed by atoms with E-state index in [1.54, 1.807) is 0 Å². The standard InChI is InChI=1S/C15H19BrClNO/c1-11-8-12(10-13(16)9-11)15(19)18(7-3-6-17)14-4-2-5-14/h8-10,14H,2-7H2,1H3. The summed E-state index contributed by atoms with van der Waals surface area (Å²) in [6.07, 6.45) is 4.34. The van der Waals surface area contributed by atoms with Crippen LogP contribution in [0.1, 0.15) is 41.6 Å². The summed E-state index contributed by atoms with van der Waals surface area (Å²) in [5.74, 6) is 0.743. The molecule has 0 unspecified atom stereocenters. The van der Waals surface area contributed by atoms with E-state index in [0.29, 0.717) is 11.9 Å². The number of benzene rings is 1. The highest BCUT2D eigenvalue weighted by atomic mass is 79.9. The lowest BCUT2D eigenvalue weighted by Gasteiger charge is -2.37. The Bertz CT molecular complexity index is 439. The first-order chi connectivity index (χ1) is 9.11. The average molecular weight is 345 g/mol. The molecule has 0 radical (unpaired) electrons. The predicted octanol–water partition coefficient (Wildman–Crippen LogP) is 4.38. The van der Waals surface area contributed by atoms with E-state index in [2.05, 4.69) is 15.9 Å². The highest BCUT2D eigenvalue weighted by molar-refractivity contribution is 9.10. The summed E-state index contributed by atoms with van der Waals surface area (Å²) in [6, 6.07) is 6.29. The Morgan fingerprint density at radius 3 is 2.68 bits per heavy atom. The summed E-state index contributed by atoms with van der Waals surface area (Å²) in [5, 5.41) is 0. The number of rotatable bonds is 5. The Morgan fingerprint density at radius 1 is 1.42 bits per heavy atom. The molecule has 2 nitrogen and oxygen atoms in total. The largest absolute Gasteiger partial charge is 0.336 e. The van der Waals surface area contributed by atoms with Crippen molar-refractivity contribution in [2.45, 2.75) is 38.6 Å². The zero-order valence-electron chi connectivity index (χ0n) is 11.2. The Kier molecular flexibility index (Phi) is 5.28. The third-order valence-corrected chi connectivity index (χ3v) is 4.32. The molecule has 2 rings (SSSR count). The lowest BCUT2D eigenvalue weighted by molar-refractivity contribution is 0.0580. The molecule has 1 aromatic rings. The third kappa shape index (κ3) is 3.73. The SMILES string of the molecule is Cc1cc(Br)cc(C(=O)N(CCCCl)C2CCC2)c1. The van der Waals surface area contributed by atoms with Gasteiger partial charge in [0.25, 0.3) is 5.91 Å². The number of carbonyl (C=O) groups excluding carboxylic acids is 1. The second-order valence-corrected chi connectivity index (χ2v) is 6.44. The Balaban J connectivity index is 2.17. The molecule has 0 aliphatic heterocycles. The normalized spacial score (nSPS) is 15.1. The number of nitrogens with zero attached hydrogens (tertiary/aromatic N) is 1. The molecule has 1 fully saturated rings. The zero-order chi connectivity index (χ0) is 13.8. The molecule has 1 saturated carbocycles. The van der Waals surface area contributed by atoms with Crippen molar-refractivity contribution in [2.24, 2.45) is 0 Å². The first-order valence-corrected chi connectivity index (χ1v) is 8.08. The summed E-state index contributed by atoms with van der Waals surface area (Å²) in [6.45, 7) is 2.77. The number of hydrogen-bond acceptors (Lipinski definition) is 1. The van der Waals surface area contributed by atoms with Gasteiger partial charge in [-0.05, 0) is 56.4 Å². The minimum atomic E-state index is 0.138. The molecule has 19 heavy (non-hydrogen) atoms. The van der Waals surface area contributed by atoms with Crippen LogP contribution >= 0.6 is 27.5 Å². The van der Waals surface area contributed by atoms with Gasteiger partial charge in [0.15, 0.2) is 0 Å². The van der Waals surface area contributed by atoms with Gasteiger partial charge in [0.2, 0.25) is 0 Å². The second-order valence-electron chi connectivity index (χ2n) is 5.14. The molecular formula is C15H19BrClNO. The molecule has 1 aromatic carbocycles. The molecule has 104 valence electrons. The first kappa shape index (κ1) is 14.9. The topological polar surface area (TPSA) is 20.3 Å². The van der Waals surface area contributed by atoms with Crippen LogP contribution in [0.3, 0.4) is 0 Å². The van der Waals surface area contributed by atoms with Crippen LogP contribution in [0.5, 0.6) is 0 Å². The number of carbonyl (C=O) groups is 1. The molecule has 0 spiro atoms. The molecule has 0 N–H and O–H groups in total. The lowest BCUT2D eigenvalue weighted by atomic mass is 9.90. The van der Waals surface area contributed by atoms with Crippen molar-refractivity contribution in [1.29, 1.82) is 0 Å². The molecular weight excluding hydrogens is 326 g/mol. The van der Waals surface area contributed by atoms with E-state index < -0.39 is 0 Å². The van der Waals surface area contributed by atoms with Gasteiger partial charge in [-0.2, -0.15) is 0 Å². The molecule has 0 atom stereocenters. The van der Waals surface area contributed by atoms with Gasteiger partial charge >= 0.3 is 0 Å². The van der Waals surface area contributed by atoms with Crippen LogP contribution in [-0.2, 0) is 0 Å². The fourth-order valence-electron chi connectivity index (χ4n) is 2.40. The number of hydrogen-bond donors (Lipinski definition) is 0. The number of alkyl halides is 1. The maximum Gasteiger partial charge on any atom is 0.254 e. The van der Waals surface area contributed by atoms with Crippen LogP contribution < -0.4 is 0 Å². The van der Waals surface area contributed by atoms with Crippen molar-refractivity contribution in [1.82, 2.24) is 4.90 Å². The van der Waals surface area contributed by atoms with Crippen LogP contribution in [0.4, 0.5) is 0 Å². The molecule has 4 heteroatoms. The van der Waals surface area contributed by atoms with Crippen molar-refractivity contribution in [3.63, 3.8) is 0 Å². The second kappa shape index (κ2) is 6.76. The van der Waals surface area contributed by atoms with E-state index >= 15 is 0 Å². The zero-order valence-corrected chi connectivity index (χ0v) is 13.5. The number of amides is 1.